The number of esters is 1. The molecule has 0 amide bonds. The molecule has 4 nitrogen and oxygen atoms in total. The van der Waals surface area contributed by atoms with Crippen LogP contribution in [0.25, 0.3) is 10.8 Å². The van der Waals surface area contributed by atoms with Gasteiger partial charge in [0.25, 0.3) is 0 Å². The van der Waals surface area contributed by atoms with Gasteiger partial charge in [-0.25, -0.2) is 4.79 Å². The SMILES string of the molecule is C=CCc1cc(OC)c(OC)cc1COC(=O)c1ccc2ccccc2c1Br. The van der Waals surface area contributed by atoms with Crippen molar-refractivity contribution in [1.29, 1.82) is 0 Å². The zero-order chi connectivity index (χ0) is 20.1. The number of ether oxygens (including phenoxy) is 3. The van der Waals surface area contributed by atoms with Crippen LogP contribution in [-0.4, -0.2) is 20.2 Å². The van der Waals surface area contributed by atoms with E-state index in [1.54, 1.807) is 26.4 Å². The predicted octanol–water partition coefficient (Wildman–Crippen LogP) is 5.71. The van der Waals surface area contributed by atoms with E-state index in [1.807, 2.05) is 42.5 Å². The summed E-state index contributed by atoms with van der Waals surface area (Å²) in [4.78, 5) is 12.7. The van der Waals surface area contributed by atoms with Crippen LogP contribution >= 0.6 is 15.9 Å². The monoisotopic (exact) mass is 440 g/mol. The molecule has 144 valence electrons. The summed E-state index contributed by atoms with van der Waals surface area (Å²) < 4.78 is 17.1. The van der Waals surface area contributed by atoms with Crippen molar-refractivity contribution in [3.8, 4) is 11.5 Å². The molecule has 0 aromatic heterocycles. The van der Waals surface area contributed by atoms with Crippen molar-refractivity contribution in [2.45, 2.75) is 13.0 Å². The fourth-order valence-corrected chi connectivity index (χ4v) is 3.71. The second kappa shape index (κ2) is 8.93. The lowest BCUT2D eigenvalue weighted by molar-refractivity contribution is 0.0470. The van der Waals surface area contributed by atoms with Gasteiger partial charge in [0.15, 0.2) is 11.5 Å². The van der Waals surface area contributed by atoms with Gasteiger partial charge in [-0.15, -0.1) is 6.58 Å². The van der Waals surface area contributed by atoms with E-state index in [1.165, 1.54) is 0 Å². The second-order valence-corrected chi connectivity index (χ2v) is 6.99. The average Bonchev–Trinajstić information content (AvgIpc) is 2.72. The molecule has 0 bridgehead atoms. The molecule has 0 radical (unpaired) electrons. The van der Waals surface area contributed by atoms with Crippen LogP contribution in [0, 0.1) is 0 Å². The summed E-state index contributed by atoms with van der Waals surface area (Å²) in [7, 11) is 3.17. The highest BCUT2D eigenvalue weighted by Crippen LogP contribution is 2.32. The van der Waals surface area contributed by atoms with Gasteiger partial charge in [0.05, 0.1) is 19.8 Å². The Labute approximate surface area is 172 Å². The molecule has 0 atom stereocenters. The summed E-state index contributed by atoms with van der Waals surface area (Å²) in [5, 5.41) is 2.02. The van der Waals surface area contributed by atoms with E-state index in [0.717, 1.165) is 26.4 Å². The molecule has 0 fully saturated rings. The Balaban J connectivity index is 1.86. The molecular weight excluding hydrogens is 420 g/mol. The summed E-state index contributed by atoms with van der Waals surface area (Å²) in [6, 6.07) is 15.3. The third-order valence-corrected chi connectivity index (χ3v) is 5.37. The lowest BCUT2D eigenvalue weighted by atomic mass is 10.0. The number of hydrogen-bond acceptors (Lipinski definition) is 4. The van der Waals surface area contributed by atoms with E-state index < -0.39 is 5.97 Å². The van der Waals surface area contributed by atoms with E-state index in [9.17, 15) is 4.79 Å². The molecule has 3 rings (SSSR count). The Kier molecular flexibility index (Phi) is 6.37. The normalized spacial score (nSPS) is 10.5. The van der Waals surface area contributed by atoms with Crippen molar-refractivity contribution >= 4 is 32.7 Å². The van der Waals surface area contributed by atoms with Gasteiger partial charge in [-0.3, -0.25) is 0 Å². The van der Waals surface area contributed by atoms with Crippen molar-refractivity contribution in [3.63, 3.8) is 0 Å². The number of rotatable bonds is 7. The van der Waals surface area contributed by atoms with Crippen LogP contribution in [0.5, 0.6) is 11.5 Å². The summed E-state index contributed by atoms with van der Waals surface area (Å²) in [5.41, 5.74) is 2.31. The first-order valence-corrected chi connectivity index (χ1v) is 9.57. The van der Waals surface area contributed by atoms with Crippen LogP contribution in [0.15, 0.2) is 65.7 Å². The van der Waals surface area contributed by atoms with Crippen LogP contribution in [0.1, 0.15) is 21.5 Å². The van der Waals surface area contributed by atoms with Crippen molar-refractivity contribution in [3.05, 3.63) is 82.3 Å². The Morgan fingerprint density at radius 3 is 2.39 bits per heavy atom. The summed E-state index contributed by atoms with van der Waals surface area (Å²) in [6.45, 7) is 3.92. The lowest BCUT2D eigenvalue weighted by Crippen LogP contribution is -2.08. The first-order chi connectivity index (χ1) is 13.6. The summed E-state index contributed by atoms with van der Waals surface area (Å²) >= 11 is 3.54. The quantitative estimate of drug-likeness (QED) is 0.348. The van der Waals surface area contributed by atoms with Crippen LogP contribution in [0.2, 0.25) is 0 Å². The van der Waals surface area contributed by atoms with Crippen molar-refractivity contribution < 1.29 is 19.0 Å². The minimum Gasteiger partial charge on any atom is -0.493 e. The van der Waals surface area contributed by atoms with Gasteiger partial charge in [0, 0.05) is 4.47 Å². The van der Waals surface area contributed by atoms with Gasteiger partial charge in [-0.1, -0.05) is 36.4 Å². The molecule has 0 spiro atoms. The first kappa shape index (κ1) is 20.0. The molecule has 0 saturated heterocycles. The highest BCUT2D eigenvalue weighted by molar-refractivity contribution is 9.10. The third kappa shape index (κ3) is 4.04. The van der Waals surface area contributed by atoms with Crippen LogP contribution in [-0.2, 0) is 17.8 Å². The highest BCUT2D eigenvalue weighted by atomic mass is 79.9. The number of benzene rings is 3. The summed E-state index contributed by atoms with van der Waals surface area (Å²) in [6.07, 6.45) is 2.43. The van der Waals surface area contributed by atoms with Gasteiger partial charge in [-0.05, 0) is 62.4 Å². The molecular formula is C23H21BrO4. The Morgan fingerprint density at radius 1 is 1.04 bits per heavy atom. The number of hydrogen-bond donors (Lipinski definition) is 0. The van der Waals surface area contributed by atoms with Crippen molar-refractivity contribution in [2.75, 3.05) is 14.2 Å². The fraction of sp³-hybridized carbons (Fsp3) is 0.174. The summed E-state index contributed by atoms with van der Waals surface area (Å²) in [5.74, 6) is 0.830. The van der Waals surface area contributed by atoms with Crippen LogP contribution in [0.4, 0.5) is 0 Å². The Bertz CT molecular complexity index is 1030. The van der Waals surface area contributed by atoms with E-state index in [0.29, 0.717) is 23.5 Å². The minimum atomic E-state index is -0.392. The molecule has 0 heterocycles. The number of carbonyl (C=O) groups excluding carboxylic acids is 1. The molecule has 3 aromatic rings. The molecule has 0 unspecified atom stereocenters. The highest BCUT2D eigenvalue weighted by Gasteiger charge is 2.16. The average molecular weight is 441 g/mol. The van der Waals surface area contributed by atoms with Gasteiger partial charge in [-0.2, -0.15) is 0 Å². The van der Waals surface area contributed by atoms with Gasteiger partial charge >= 0.3 is 5.97 Å². The number of methoxy groups -OCH3 is 2. The van der Waals surface area contributed by atoms with E-state index >= 15 is 0 Å². The topological polar surface area (TPSA) is 44.8 Å². The molecule has 0 N–H and O–H groups in total. The van der Waals surface area contributed by atoms with Gasteiger partial charge in [0.2, 0.25) is 0 Å². The lowest BCUT2D eigenvalue weighted by Gasteiger charge is -2.15. The maximum atomic E-state index is 12.7. The standard InChI is InChI=1S/C23H21BrO4/c1-4-7-16-12-20(26-2)21(27-3)13-17(16)14-28-23(25)19-11-10-15-8-5-6-9-18(15)22(19)24/h4-6,8-13H,1,7,14H2,2-3H3. The zero-order valence-electron chi connectivity index (χ0n) is 15.8. The maximum absolute atomic E-state index is 12.7. The maximum Gasteiger partial charge on any atom is 0.339 e. The molecule has 0 aliphatic rings. The molecule has 5 heteroatoms. The second-order valence-electron chi connectivity index (χ2n) is 6.19. The van der Waals surface area contributed by atoms with E-state index in [4.69, 9.17) is 14.2 Å². The molecule has 3 aromatic carbocycles. The van der Waals surface area contributed by atoms with E-state index in [2.05, 4.69) is 22.5 Å². The minimum absolute atomic E-state index is 0.127. The van der Waals surface area contributed by atoms with Gasteiger partial charge in [0.1, 0.15) is 6.61 Å². The number of carbonyl (C=O) groups is 1. The van der Waals surface area contributed by atoms with Crippen molar-refractivity contribution in [1.82, 2.24) is 0 Å². The number of allylic oxidation sites excluding steroid dienone is 1. The van der Waals surface area contributed by atoms with Gasteiger partial charge < -0.3 is 14.2 Å². The number of fused-ring (bicyclic) bond motifs is 1. The molecule has 0 aliphatic heterocycles. The smallest absolute Gasteiger partial charge is 0.339 e. The van der Waals surface area contributed by atoms with Crippen LogP contribution in [0.3, 0.4) is 0 Å². The Morgan fingerprint density at radius 2 is 1.71 bits per heavy atom. The first-order valence-electron chi connectivity index (χ1n) is 8.78. The fourth-order valence-electron chi connectivity index (χ4n) is 3.06. The van der Waals surface area contributed by atoms with Crippen LogP contribution < -0.4 is 9.47 Å². The van der Waals surface area contributed by atoms with Crippen molar-refractivity contribution in [2.24, 2.45) is 0 Å². The Hall–Kier alpha value is -2.79. The zero-order valence-corrected chi connectivity index (χ0v) is 17.4. The van der Waals surface area contributed by atoms with E-state index in [-0.39, 0.29) is 6.61 Å². The molecule has 0 saturated carbocycles. The largest absolute Gasteiger partial charge is 0.493 e. The third-order valence-electron chi connectivity index (χ3n) is 4.51. The molecule has 0 aliphatic carbocycles. The number of halogens is 1. The predicted molar refractivity (Wildman–Crippen MR) is 114 cm³/mol. The molecule has 28 heavy (non-hydrogen) atoms.